The predicted octanol–water partition coefficient (Wildman–Crippen LogP) is 2.17. The van der Waals surface area contributed by atoms with Gasteiger partial charge in [0.05, 0.1) is 29.5 Å². The molecular weight excluding hydrogens is 421 g/mol. The fourth-order valence-electron chi connectivity index (χ4n) is 3.07. The lowest BCUT2D eigenvalue weighted by Crippen LogP contribution is -2.37. The minimum atomic E-state index is -4.58. The van der Waals surface area contributed by atoms with Crippen LogP contribution in [0, 0.1) is 0 Å². The molecule has 2 saturated heterocycles. The molecule has 7 nitrogen and oxygen atoms in total. The number of carboxylic acid groups (broad SMARTS) is 1. The Morgan fingerprint density at radius 3 is 2.61 bits per heavy atom. The van der Waals surface area contributed by atoms with Gasteiger partial charge < -0.3 is 10.0 Å². The first-order chi connectivity index (χ1) is 13.0. The van der Waals surface area contributed by atoms with Crippen molar-refractivity contribution in [3.05, 3.63) is 29.8 Å². The number of carbonyl (C=O) groups excluding carboxylic acids is 1. The fraction of sp³-hybridized carbons (Fsp3) is 0.438. The highest BCUT2D eigenvalue weighted by Crippen LogP contribution is 2.42. The van der Waals surface area contributed by atoms with Crippen LogP contribution in [0.15, 0.2) is 29.3 Å². The summed E-state index contributed by atoms with van der Waals surface area (Å²) in [5, 5.41) is 8.28. The fourth-order valence-corrected chi connectivity index (χ4v) is 7.01. The number of benzene rings is 1. The second kappa shape index (κ2) is 7.39. The van der Waals surface area contributed by atoms with E-state index >= 15 is 0 Å². The summed E-state index contributed by atoms with van der Waals surface area (Å²) < 4.78 is 63.1. The van der Waals surface area contributed by atoms with Gasteiger partial charge in [0.25, 0.3) is 0 Å². The average molecular weight is 436 g/mol. The van der Waals surface area contributed by atoms with E-state index < -0.39 is 51.2 Å². The van der Waals surface area contributed by atoms with Gasteiger partial charge >= 0.3 is 12.1 Å². The van der Waals surface area contributed by atoms with Crippen LogP contribution in [0.4, 0.5) is 18.9 Å². The molecule has 1 aromatic rings. The van der Waals surface area contributed by atoms with Crippen LogP contribution in [0.2, 0.25) is 0 Å². The number of hydrogen-bond acceptors (Lipinski definition) is 5. The van der Waals surface area contributed by atoms with E-state index in [1.165, 1.54) is 17.0 Å². The van der Waals surface area contributed by atoms with E-state index in [1.54, 1.807) is 0 Å². The van der Waals surface area contributed by atoms with Crippen molar-refractivity contribution >= 4 is 44.3 Å². The van der Waals surface area contributed by atoms with Crippen LogP contribution in [0.5, 0.6) is 0 Å². The molecule has 0 spiro atoms. The first-order valence-electron chi connectivity index (χ1n) is 8.13. The molecule has 2 unspecified atom stereocenters. The van der Waals surface area contributed by atoms with Crippen LogP contribution in [0.25, 0.3) is 0 Å². The van der Waals surface area contributed by atoms with Crippen LogP contribution in [-0.2, 0) is 25.6 Å². The molecule has 0 aromatic heterocycles. The smallest absolute Gasteiger partial charge is 0.416 e. The highest BCUT2D eigenvalue weighted by atomic mass is 32.2. The second-order valence-corrected chi connectivity index (χ2v) is 9.76. The zero-order chi connectivity index (χ0) is 20.7. The number of nitrogens with zero attached hydrogens (tertiary/aromatic N) is 2. The molecule has 0 saturated carbocycles. The normalized spacial score (nSPS) is 25.1. The highest BCUT2D eigenvalue weighted by Gasteiger charge is 2.49. The molecule has 2 aliphatic rings. The molecule has 1 aromatic carbocycles. The summed E-state index contributed by atoms with van der Waals surface area (Å²) in [6, 6.07) is 3.71. The van der Waals surface area contributed by atoms with Gasteiger partial charge in [-0.15, -0.1) is 0 Å². The molecule has 152 valence electrons. The molecule has 3 rings (SSSR count). The van der Waals surface area contributed by atoms with E-state index in [0.29, 0.717) is 0 Å². The number of aliphatic imine (C=N–C) groups is 1. The van der Waals surface area contributed by atoms with Crippen molar-refractivity contribution in [3.63, 3.8) is 0 Å². The van der Waals surface area contributed by atoms with Crippen molar-refractivity contribution in [3.8, 4) is 0 Å². The number of alkyl halides is 3. The van der Waals surface area contributed by atoms with Crippen LogP contribution in [0.1, 0.15) is 18.4 Å². The Kier molecular flexibility index (Phi) is 5.45. The zero-order valence-electron chi connectivity index (χ0n) is 14.2. The number of halogens is 3. The molecule has 0 radical (unpaired) electrons. The van der Waals surface area contributed by atoms with Gasteiger partial charge in [-0.2, -0.15) is 18.2 Å². The highest BCUT2D eigenvalue weighted by molar-refractivity contribution is 8.16. The van der Waals surface area contributed by atoms with Crippen molar-refractivity contribution in [1.29, 1.82) is 0 Å². The molecular formula is C16H15F3N2O5S2. The van der Waals surface area contributed by atoms with Gasteiger partial charge in [0, 0.05) is 17.4 Å². The Morgan fingerprint density at radius 1 is 1.25 bits per heavy atom. The standard InChI is InChI=1S/C16H15F3N2O5S2/c17-16(18,19)9-2-1-3-10(6-9)21-11-7-28(25,26)8-12(11)27-15(21)20-13(22)4-5-14(23)24/h1-3,6,11-12H,4-5,7-8H2,(H,23,24). The monoisotopic (exact) mass is 436 g/mol. The van der Waals surface area contributed by atoms with Crippen LogP contribution in [-0.4, -0.2) is 53.4 Å². The number of amidine groups is 1. The number of thioether (sulfide) groups is 1. The van der Waals surface area contributed by atoms with Crippen molar-refractivity contribution in [1.82, 2.24) is 0 Å². The average Bonchev–Trinajstić information content (AvgIpc) is 3.03. The molecule has 1 amide bonds. The molecule has 2 heterocycles. The summed E-state index contributed by atoms with van der Waals surface area (Å²) in [4.78, 5) is 27.8. The predicted molar refractivity (Wildman–Crippen MR) is 97.1 cm³/mol. The summed E-state index contributed by atoms with van der Waals surface area (Å²) in [5.74, 6) is -2.33. The number of sulfone groups is 1. The summed E-state index contributed by atoms with van der Waals surface area (Å²) in [6.45, 7) is 0. The summed E-state index contributed by atoms with van der Waals surface area (Å²) >= 11 is 1.01. The molecule has 2 atom stereocenters. The number of amides is 1. The summed E-state index contributed by atoms with van der Waals surface area (Å²) in [5.41, 5.74) is -0.826. The van der Waals surface area contributed by atoms with E-state index in [-0.39, 0.29) is 28.8 Å². The maximum Gasteiger partial charge on any atom is 0.416 e. The third-order valence-corrected chi connectivity index (χ3v) is 7.50. The van der Waals surface area contributed by atoms with Crippen LogP contribution >= 0.6 is 11.8 Å². The van der Waals surface area contributed by atoms with Gasteiger partial charge in [0.2, 0.25) is 5.91 Å². The van der Waals surface area contributed by atoms with Crippen molar-refractivity contribution in [2.24, 2.45) is 4.99 Å². The lowest BCUT2D eigenvalue weighted by molar-refractivity contribution is -0.138. The minimum absolute atomic E-state index is 0.0803. The van der Waals surface area contributed by atoms with E-state index in [0.717, 1.165) is 23.9 Å². The first-order valence-corrected chi connectivity index (χ1v) is 10.8. The summed E-state index contributed by atoms with van der Waals surface area (Å²) in [7, 11) is -3.36. The Morgan fingerprint density at radius 2 is 1.96 bits per heavy atom. The van der Waals surface area contributed by atoms with Crippen molar-refractivity contribution in [2.75, 3.05) is 16.4 Å². The number of carboxylic acids is 1. The van der Waals surface area contributed by atoms with Gasteiger partial charge in [-0.1, -0.05) is 17.8 Å². The van der Waals surface area contributed by atoms with Crippen LogP contribution in [0.3, 0.4) is 0 Å². The number of rotatable bonds is 4. The minimum Gasteiger partial charge on any atom is -0.481 e. The van der Waals surface area contributed by atoms with E-state index in [1.807, 2.05) is 0 Å². The number of fused-ring (bicyclic) bond motifs is 1. The van der Waals surface area contributed by atoms with Gasteiger partial charge in [-0.3, -0.25) is 9.59 Å². The third-order valence-electron chi connectivity index (χ3n) is 4.29. The van der Waals surface area contributed by atoms with E-state index in [2.05, 4.69) is 4.99 Å². The molecule has 2 aliphatic heterocycles. The lowest BCUT2D eigenvalue weighted by Gasteiger charge is -2.25. The quantitative estimate of drug-likeness (QED) is 0.771. The molecule has 0 aliphatic carbocycles. The van der Waals surface area contributed by atoms with E-state index in [9.17, 15) is 31.2 Å². The second-order valence-electron chi connectivity index (χ2n) is 6.40. The summed E-state index contributed by atoms with van der Waals surface area (Å²) in [6.07, 6.45) is -5.37. The van der Waals surface area contributed by atoms with Crippen molar-refractivity contribution < 1.29 is 36.3 Å². The third kappa shape index (κ3) is 4.49. The lowest BCUT2D eigenvalue weighted by atomic mass is 10.1. The van der Waals surface area contributed by atoms with Gasteiger partial charge in [-0.25, -0.2) is 8.42 Å². The maximum absolute atomic E-state index is 13.1. The number of aliphatic carboxylic acids is 1. The molecule has 12 heteroatoms. The SMILES string of the molecule is O=C(O)CCC(=O)N=C1SC2CS(=O)(=O)CC2N1c1cccc(C(F)(F)F)c1. The Labute approximate surface area is 162 Å². The first kappa shape index (κ1) is 20.6. The molecule has 1 N–H and O–H groups in total. The van der Waals surface area contributed by atoms with Gasteiger partial charge in [-0.05, 0) is 18.2 Å². The Hall–Kier alpha value is -2.08. The number of hydrogen-bond donors (Lipinski definition) is 1. The van der Waals surface area contributed by atoms with Crippen LogP contribution < -0.4 is 4.90 Å². The van der Waals surface area contributed by atoms with Crippen molar-refractivity contribution in [2.45, 2.75) is 30.3 Å². The molecule has 28 heavy (non-hydrogen) atoms. The Balaban J connectivity index is 1.97. The zero-order valence-corrected chi connectivity index (χ0v) is 15.9. The van der Waals surface area contributed by atoms with Gasteiger partial charge in [0.1, 0.15) is 0 Å². The van der Waals surface area contributed by atoms with Gasteiger partial charge in [0.15, 0.2) is 15.0 Å². The molecule has 2 fully saturated rings. The largest absolute Gasteiger partial charge is 0.481 e. The maximum atomic E-state index is 13.1. The number of carbonyl (C=O) groups is 2. The molecule has 0 bridgehead atoms. The number of anilines is 1. The Bertz CT molecular complexity index is 946. The topological polar surface area (TPSA) is 104 Å². The van der Waals surface area contributed by atoms with E-state index in [4.69, 9.17) is 5.11 Å².